The second-order valence-electron chi connectivity index (χ2n) is 8.41. The average molecular weight is 410 g/mol. The Morgan fingerprint density at radius 2 is 1.97 bits per heavy atom. The summed E-state index contributed by atoms with van der Waals surface area (Å²) >= 11 is 1.82. The number of thiophene rings is 1. The first kappa shape index (κ1) is 17.9. The lowest BCUT2D eigenvalue weighted by Gasteiger charge is -2.22. The highest BCUT2D eigenvalue weighted by Crippen LogP contribution is 2.42. The molecule has 0 bridgehead atoms. The minimum atomic E-state index is 1.02. The van der Waals surface area contributed by atoms with Crippen LogP contribution in [0.25, 0.3) is 43.2 Å². The molecule has 0 spiro atoms. The number of hydrogen-bond acceptors (Lipinski definition) is 3. The van der Waals surface area contributed by atoms with Crippen LogP contribution in [0.1, 0.15) is 16.8 Å². The predicted octanol–water partition coefficient (Wildman–Crippen LogP) is 6.41. The van der Waals surface area contributed by atoms with E-state index in [9.17, 15) is 0 Å². The van der Waals surface area contributed by atoms with Gasteiger partial charge >= 0.3 is 0 Å². The molecule has 1 N–H and O–H groups in total. The number of rotatable bonds is 2. The zero-order valence-electron chi connectivity index (χ0n) is 17.2. The number of aryl methyl sites for hydroxylation is 1. The Balaban J connectivity index is 1.56. The van der Waals surface area contributed by atoms with Crippen molar-refractivity contribution in [1.29, 1.82) is 0 Å². The van der Waals surface area contributed by atoms with Gasteiger partial charge in [-0.15, -0.1) is 11.3 Å². The Bertz CT molecular complexity index is 1410. The fraction of sp³-hybridized carbons (Fsp3) is 0.192. The highest BCUT2D eigenvalue weighted by molar-refractivity contribution is 7.14. The highest BCUT2D eigenvalue weighted by atomic mass is 32.1. The van der Waals surface area contributed by atoms with Gasteiger partial charge in [0, 0.05) is 64.4 Å². The maximum Gasteiger partial charge on any atom is 0.0539 e. The summed E-state index contributed by atoms with van der Waals surface area (Å²) in [6.07, 6.45) is 4.89. The van der Waals surface area contributed by atoms with Crippen LogP contribution in [0.5, 0.6) is 0 Å². The third-order valence-corrected chi connectivity index (χ3v) is 7.24. The fourth-order valence-electron chi connectivity index (χ4n) is 4.78. The lowest BCUT2D eigenvalue weighted by Crippen LogP contribution is -2.25. The number of nitrogens with zero attached hydrogens (tertiary/aromatic N) is 2. The molecule has 6 rings (SSSR count). The Labute approximate surface area is 180 Å². The van der Waals surface area contributed by atoms with Gasteiger partial charge in [0.25, 0.3) is 0 Å². The molecule has 0 radical (unpaired) electrons. The van der Waals surface area contributed by atoms with Crippen LogP contribution in [0.4, 0.5) is 0 Å². The van der Waals surface area contributed by atoms with Crippen LogP contribution in [-0.4, -0.2) is 28.5 Å². The van der Waals surface area contributed by atoms with E-state index < -0.39 is 0 Å². The van der Waals surface area contributed by atoms with Crippen LogP contribution in [-0.2, 0) is 13.0 Å². The Morgan fingerprint density at radius 1 is 1.03 bits per heavy atom. The van der Waals surface area contributed by atoms with Gasteiger partial charge in [0.05, 0.1) is 5.52 Å². The van der Waals surface area contributed by atoms with Crippen molar-refractivity contribution in [3.63, 3.8) is 0 Å². The molecule has 3 aromatic heterocycles. The van der Waals surface area contributed by atoms with E-state index in [1.165, 1.54) is 60.1 Å². The average Bonchev–Trinajstić information content (AvgIpc) is 3.38. The summed E-state index contributed by atoms with van der Waals surface area (Å²) in [5.41, 5.74) is 9.37. The van der Waals surface area contributed by atoms with Gasteiger partial charge in [-0.05, 0) is 71.8 Å². The molecule has 0 amide bonds. The molecule has 3 nitrogen and oxygen atoms in total. The van der Waals surface area contributed by atoms with Crippen molar-refractivity contribution in [3.05, 3.63) is 77.1 Å². The van der Waals surface area contributed by atoms with Crippen LogP contribution >= 0.6 is 11.3 Å². The van der Waals surface area contributed by atoms with Crippen LogP contribution in [0.2, 0.25) is 0 Å². The van der Waals surface area contributed by atoms with Crippen molar-refractivity contribution in [2.24, 2.45) is 0 Å². The SMILES string of the molecule is Cc1cc(-c2ccsc2-c2ccc3cnccc3c2)c2[nH]c3c(c2c1)CN(C)CC3. The summed E-state index contributed by atoms with van der Waals surface area (Å²) in [7, 11) is 2.21. The monoisotopic (exact) mass is 409 g/mol. The van der Waals surface area contributed by atoms with Gasteiger partial charge in [-0.25, -0.2) is 0 Å². The third-order valence-electron chi connectivity index (χ3n) is 6.28. The number of hydrogen-bond donors (Lipinski definition) is 1. The summed E-state index contributed by atoms with van der Waals surface area (Å²) in [6, 6.07) is 15.7. The molecule has 4 heterocycles. The van der Waals surface area contributed by atoms with Gasteiger partial charge in [-0.1, -0.05) is 12.1 Å². The largest absolute Gasteiger partial charge is 0.358 e. The minimum absolute atomic E-state index is 1.02. The summed E-state index contributed by atoms with van der Waals surface area (Å²) in [4.78, 5) is 11.8. The van der Waals surface area contributed by atoms with Crippen molar-refractivity contribution < 1.29 is 0 Å². The first-order valence-corrected chi connectivity index (χ1v) is 11.3. The number of nitrogens with one attached hydrogen (secondary N) is 1. The van der Waals surface area contributed by atoms with Crippen molar-refractivity contribution in [1.82, 2.24) is 14.9 Å². The maximum absolute atomic E-state index is 4.25. The Morgan fingerprint density at radius 3 is 2.90 bits per heavy atom. The van der Waals surface area contributed by atoms with E-state index in [4.69, 9.17) is 0 Å². The molecule has 0 saturated carbocycles. The van der Waals surface area contributed by atoms with E-state index in [0.29, 0.717) is 0 Å². The molecule has 0 fully saturated rings. The standard InChI is InChI=1S/C26H23N3S/c1-16-11-21(25-22(12-16)23-15-29(2)9-6-24(23)28-25)20-7-10-30-26(20)18-3-4-19-14-27-8-5-17(19)13-18/h3-5,7-8,10-14,28H,6,9,15H2,1-2H3. The van der Waals surface area contributed by atoms with Crippen molar-refractivity contribution in [2.75, 3.05) is 13.6 Å². The molecular weight excluding hydrogens is 386 g/mol. The number of pyridine rings is 1. The molecule has 1 aliphatic heterocycles. The van der Waals surface area contributed by atoms with Gasteiger partial charge in [0.15, 0.2) is 0 Å². The number of aromatic nitrogens is 2. The van der Waals surface area contributed by atoms with Gasteiger partial charge in [0.1, 0.15) is 0 Å². The van der Waals surface area contributed by atoms with Crippen molar-refractivity contribution >= 4 is 33.0 Å². The van der Waals surface area contributed by atoms with Gasteiger partial charge in [-0.2, -0.15) is 0 Å². The number of fused-ring (bicyclic) bond motifs is 4. The molecule has 5 aromatic rings. The molecular formula is C26H23N3S. The van der Waals surface area contributed by atoms with E-state index >= 15 is 0 Å². The maximum atomic E-state index is 4.25. The molecule has 148 valence electrons. The normalized spacial score (nSPS) is 14.5. The number of aromatic amines is 1. The molecule has 0 aliphatic carbocycles. The minimum Gasteiger partial charge on any atom is -0.358 e. The summed E-state index contributed by atoms with van der Waals surface area (Å²) in [6.45, 7) is 4.35. The first-order valence-electron chi connectivity index (χ1n) is 10.4. The zero-order chi connectivity index (χ0) is 20.2. The van der Waals surface area contributed by atoms with E-state index in [2.05, 4.69) is 76.7 Å². The van der Waals surface area contributed by atoms with E-state index in [1.54, 1.807) is 0 Å². The number of benzene rings is 2. The molecule has 30 heavy (non-hydrogen) atoms. The second kappa shape index (κ2) is 6.79. The van der Waals surface area contributed by atoms with Crippen molar-refractivity contribution in [3.8, 4) is 21.6 Å². The van der Waals surface area contributed by atoms with Crippen LogP contribution in [0.15, 0.2) is 60.2 Å². The molecule has 0 atom stereocenters. The van der Waals surface area contributed by atoms with Crippen molar-refractivity contribution in [2.45, 2.75) is 19.9 Å². The lowest BCUT2D eigenvalue weighted by molar-refractivity contribution is 0.313. The van der Waals surface area contributed by atoms with Gasteiger partial charge in [-0.3, -0.25) is 4.98 Å². The number of H-pyrrole nitrogens is 1. The highest BCUT2D eigenvalue weighted by Gasteiger charge is 2.21. The molecule has 4 heteroatoms. The van der Waals surface area contributed by atoms with Crippen LogP contribution in [0.3, 0.4) is 0 Å². The van der Waals surface area contributed by atoms with E-state index in [1.807, 2.05) is 23.7 Å². The molecule has 0 saturated heterocycles. The van der Waals surface area contributed by atoms with Gasteiger partial charge < -0.3 is 9.88 Å². The summed E-state index contributed by atoms with van der Waals surface area (Å²) in [5, 5.41) is 6.01. The third kappa shape index (κ3) is 2.79. The lowest BCUT2D eigenvalue weighted by atomic mass is 9.96. The van der Waals surface area contributed by atoms with Crippen LogP contribution in [0, 0.1) is 6.92 Å². The summed E-state index contributed by atoms with van der Waals surface area (Å²) in [5.74, 6) is 0. The zero-order valence-corrected chi connectivity index (χ0v) is 18.0. The van der Waals surface area contributed by atoms with E-state index in [0.717, 1.165) is 19.5 Å². The summed E-state index contributed by atoms with van der Waals surface area (Å²) < 4.78 is 0. The second-order valence-corrected chi connectivity index (χ2v) is 9.32. The molecule has 0 unspecified atom stereocenters. The number of likely N-dealkylation sites (N-methyl/N-ethyl adjacent to an activating group) is 1. The Kier molecular flexibility index (Phi) is 4.05. The topological polar surface area (TPSA) is 31.9 Å². The molecule has 2 aromatic carbocycles. The smallest absolute Gasteiger partial charge is 0.0539 e. The first-order chi connectivity index (χ1) is 14.7. The predicted molar refractivity (Wildman–Crippen MR) is 127 cm³/mol. The van der Waals surface area contributed by atoms with E-state index in [-0.39, 0.29) is 0 Å². The molecule has 1 aliphatic rings. The fourth-order valence-corrected chi connectivity index (χ4v) is 5.68. The quantitative estimate of drug-likeness (QED) is 0.365. The van der Waals surface area contributed by atoms with Gasteiger partial charge in [0.2, 0.25) is 0 Å². The Hall–Kier alpha value is -2.95. The van der Waals surface area contributed by atoms with Crippen LogP contribution < -0.4 is 0 Å².